The molecule has 1 aliphatic carbocycles. The number of pyridine rings is 1. The van der Waals surface area contributed by atoms with Crippen molar-refractivity contribution < 1.29 is 27.8 Å². The van der Waals surface area contributed by atoms with Crippen LogP contribution in [0.1, 0.15) is 34.3 Å². The number of hydrogen-bond acceptors (Lipinski definition) is 9. The zero-order valence-corrected chi connectivity index (χ0v) is 25.1. The molecule has 2 aromatic carbocycles. The second-order valence-corrected chi connectivity index (χ2v) is 11.2. The highest BCUT2D eigenvalue weighted by Gasteiger charge is 2.39. The summed E-state index contributed by atoms with van der Waals surface area (Å²) in [4.78, 5) is 24.0. The fraction of sp³-hybridized carbons (Fsp3) is 0.273. The molecule has 0 spiro atoms. The fourth-order valence-corrected chi connectivity index (χ4v) is 5.31. The van der Waals surface area contributed by atoms with E-state index in [4.69, 9.17) is 14.2 Å². The van der Waals surface area contributed by atoms with Gasteiger partial charge in [-0.2, -0.15) is 0 Å². The number of rotatable bonds is 10. The number of ether oxygens (including phenoxy) is 3. The zero-order valence-electron chi connectivity index (χ0n) is 25.1. The maximum absolute atomic E-state index is 16.0. The minimum absolute atomic E-state index is 0.130. The lowest BCUT2D eigenvalue weighted by atomic mass is 10.1. The number of nitrogens with one attached hydrogen (secondary N) is 2. The van der Waals surface area contributed by atoms with Gasteiger partial charge in [0.1, 0.15) is 11.9 Å². The predicted octanol–water partition coefficient (Wildman–Crippen LogP) is 5.20. The summed E-state index contributed by atoms with van der Waals surface area (Å²) < 4.78 is 47.3. The Bertz CT molecular complexity index is 1880. The molecule has 46 heavy (non-hydrogen) atoms. The topological polar surface area (TPSA) is 115 Å². The Morgan fingerprint density at radius 2 is 1.87 bits per heavy atom. The van der Waals surface area contributed by atoms with Gasteiger partial charge in [0.05, 0.1) is 49.6 Å². The number of amides is 1. The van der Waals surface area contributed by atoms with E-state index in [0.29, 0.717) is 36.8 Å². The number of aromatic nitrogens is 4. The lowest BCUT2D eigenvalue weighted by Crippen LogP contribution is -2.28. The second kappa shape index (κ2) is 12.3. The lowest BCUT2D eigenvalue weighted by Gasteiger charge is -2.21. The lowest BCUT2D eigenvalue weighted by molar-refractivity contribution is -0.0443. The van der Waals surface area contributed by atoms with E-state index in [2.05, 4.69) is 25.7 Å². The van der Waals surface area contributed by atoms with Gasteiger partial charge in [0, 0.05) is 43.4 Å². The van der Waals surface area contributed by atoms with Gasteiger partial charge in [-0.3, -0.25) is 9.78 Å². The summed E-state index contributed by atoms with van der Waals surface area (Å²) in [7, 11) is 3.49. The first-order valence-electron chi connectivity index (χ1n) is 14.8. The summed E-state index contributed by atoms with van der Waals surface area (Å²) in [6.07, 6.45) is 1.75. The Hall–Kier alpha value is -5.14. The van der Waals surface area contributed by atoms with Gasteiger partial charge in [-0.1, -0.05) is 24.3 Å². The summed E-state index contributed by atoms with van der Waals surface area (Å²) in [6, 6.07) is 17.3. The highest BCUT2D eigenvalue weighted by atomic mass is 19.1. The third kappa shape index (κ3) is 5.94. The Labute approximate surface area is 263 Å². The van der Waals surface area contributed by atoms with E-state index in [-0.39, 0.29) is 29.2 Å². The standard InChI is InChI=1S/C33H31F2N7O4/c1-41(18-19-6-9-21(44-2)10-7-19)27-15-29(40-42-28(17-37-31(27)42)32(43)39-26-14-23(26)34)38-25-5-3-4-22(30(25)35)24-11-8-20(16-36-24)33-45-12-13-46-33/h3-11,15-17,23,26,33H,12-14,18H2,1-2H3,(H,38,40)(H,39,43)/t23-,26+/m0/s1. The highest BCUT2D eigenvalue weighted by Crippen LogP contribution is 2.32. The molecule has 1 saturated heterocycles. The number of hydrogen-bond donors (Lipinski definition) is 2. The summed E-state index contributed by atoms with van der Waals surface area (Å²) in [5, 5.41) is 10.4. The first-order valence-corrected chi connectivity index (χ1v) is 14.8. The molecule has 13 heteroatoms. The Morgan fingerprint density at radius 1 is 1.09 bits per heavy atom. The first-order chi connectivity index (χ1) is 22.4. The molecule has 236 valence electrons. The number of methoxy groups -OCH3 is 1. The first kappa shape index (κ1) is 29.6. The van der Waals surface area contributed by atoms with Crippen molar-refractivity contribution in [2.24, 2.45) is 0 Å². The predicted molar refractivity (Wildman–Crippen MR) is 166 cm³/mol. The molecule has 0 bridgehead atoms. The van der Waals surface area contributed by atoms with Crippen molar-refractivity contribution in [3.63, 3.8) is 0 Å². The maximum Gasteiger partial charge on any atom is 0.271 e. The van der Waals surface area contributed by atoms with Gasteiger partial charge in [0.25, 0.3) is 5.91 Å². The monoisotopic (exact) mass is 627 g/mol. The quantitative estimate of drug-likeness (QED) is 0.216. The number of fused-ring (bicyclic) bond motifs is 1. The van der Waals surface area contributed by atoms with Gasteiger partial charge in [0.2, 0.25) is 0 Å². The van der Waals surface area contributed by atoms with Gasteiger partial charge in [0.15, 0.2) is 29.3 Å². The summed E-state index contributed by atoms with van der Waals surface area (Å²) in [5.74, 6) is -0.0213. The molecule has 7 rings (SSSR count). The Kier molecular flexibility index (Phi) is 7.93. The number of carbonyl (C=O) groups excluding carboxylic acids is 1. The highest BCUT2D eigenvalue weighted by molar-refractivity contribution is 5.94. The number of carbonyl (C=O) groups is 1. The normalized spacial score (nSPS) is 17.7. The van der Waals surface area contributed by atoms with E-state index in [0.717, 1.165) is 16.9 Å². The number of benzene rings is 2. The molecule has 4 heterocycles. The van der Waals surface area contributed by atoms with Crippen LogP contribution >= 0.6 is 0 Å². The van der Waals surface area contributed by atoms with Crippen molar-refractivity contribution >= 4 is 28.7 Å². The maximum atomic E-state index is 16.0. The largest absolute Gasteiger partial charge is 0.497 e. The van der Waals surface area contributed by atoms with E-state index in [1.807, 2.05) is 36.2 Å². The minimum Gasteiger partial charge on any atom is -0.497 e. The van der Waals surface area contributed by atoms with Gasteiger partial charge in [-0.05, 0) is 35.9 Å². The van der Waals surface area contributed by atoms with Crippen LogP contribution in [0.4, 0.5) is 26.0 Å². The zero-order chi connectivity index (χ0) is 31.8. The molecule has 3 aromatic heterocycles. The molecule has 2 N–H and O–H groups in total. The smallest absolute Gasteiger partial charge is 0.271 e. The fourth-order valence-electron chi connectivity index (χ4n) is 5.31. The SMILES string of the molecule is COc1ccc(CN(C)c2cc(Nc3cccc(-c4ccc(C5OCCO5)cn4)c3F)nn3c(C(=O)N[C@@H]4C[C@@H]4F)cnc23)cc1. The van der Waals surface area contributed by atoms with Crippen LogP contribution in [-0.2, 0) is 16.0 Å². The van der Waals surface area contributed by atoms with E-state index >= 15 is 4.39 Å². The Morgan fingerprint density at radius 3 is 2.57 bits per heavy atom. The van der Waals surface area contributed by atoms with Crippen molar-refractivity contribution in [1.82, 2.24) is 24.9 Å². The number of imidazole rings is 1. The van der Waals surface area contributed by atoms with Crippen molar-refractivity contribution in [2.75, 3.05) is 37.6 Å². The molecule has 2 atom stereocenters. The number of halogens is 2. The average molecular weight is 628 g/mol. The molecule has 1 amide bonds. The van der Waals surface area contributed by atoms with Crippen LogP contribution in [0.3, 0.4) is 0 Å². The van der Waals surface area contributed by atoms with E-state index in [1.165, 1.54) is 10.7 Å². The van der Waals surface area contributed by atoms with Crippen molar-refractivity contribution in [2.45, 2.75) is 31.5 Å². The van der Waals surface area contributed by atoms with Gasteiger partial charge in [-0.25, -0.2) is 18.3 Å². The molecule has 0 unspecified atom stereocenters. The molecule has 1 aliphatic heterocycles. The summed E-state index contributed by atoms with van der Waals surface area (Å²) >= 11 is 0. The molecule has 11 nitrogen and oxygen atoms in total. The molecular formula is C33H31F2N7O4. The summed E-state index contributed by atoms with van der Waals surface area (Å²) in [5.41, 5.74) is 3.81. The van der Waals surface area contributed by atoms with Crippen LogP contribution in [0.25, 0.3) is 16.9 Å². The molecule has 5 aromatic rings. The minimum atomic E-state index is -1.06. The number of nitrogens with zero attached hydrogens (tertiary/aromatic N) is 5. The van der Waals surface area contributed by atoms with Crippen molar-refractivity contribution in [3.8, 4) is 17.0 Å². The van der Waals surface area contributed by atoms with Crippen LogP contribution in [-0.4, -0.2) is 65.1 Å². The third-order valence-electron chi connectivity index (χ3n) is 7.92. The van der Waals surface area contributed by atoms with Crippen LogP contribution in [0.2, 0.25) is 0 Å². The molecule has 2 fully saturated rings. The van der Waals surface area contributed by atoms with Gasteiger partial charge >= 0.3 is 0 Å². The van der Waals surface area contributed by atoms with E-state index < -0.39 is 30.2 Å². The van der Waals surface area contributed by atoms with E-state index in [1.54, 1.807) is 49.7 Å². The number of alkyl halides is 1. The summed E-state index contributed by atoms with van der Waals surface area (Å²) in [6.45, 7) is 1.51. The van der Waals surface area contributed by atoms with E-state index in [9.17, 15) is 9.18 Å². The third-order valence-corrected chi connectivity index (χ3v) is 7.92. The van der Waals surface area contributed by atoms with Crippen LogP contribution in [0.5, 0.6) is 5.75 Å². The second-order valence-electron chi connectivity index (χ2n) is 11.2. The van der Waals surface area contributed by atoms with Gasteiger partial charge in [-0.15, -0.1) is 5.10 Å². The van der Waals surface area contributed by atoms with Crippen molar-refractivity contribution in [1.29, 1.82) is 0 Å². The average Bonchev–Trinajstić information content (AvgIpc) is 3.43. The van der Waals surface area contributed by atoms with Crippen LogP contribution in [0.15, 0.2) is 73.1 Å². The molecule has 1 saturated carbocycles. The van der Waals surface area contributed by atoms with Crippen LogP contribution < -0.4 is 20.3 Å². The van der Waals surface area contributed by atoms with Gasteiger partial charge < -0.3 is 29.7 Å². The van der Waals surface area contributed by atoms with Crippen molar-refractivity contribution in [3.05, 3.63) is 95.7 Å². The molecule has 0 radical (unpaired) electrons. The Balaban J connectivity index is 1.22. The molecule has 2 aliphatic rings. The number of anilines is 3. The molecular weight excluding hydrogens is 596 g/mol. The van der Waals surface area contributed by atoms with Crippen LogP contribution in [0, 0.1) is 5.82 Å².